The number of sulfonamides is 1. The average Bonchev–Trinajstić information content (AvgIpc) is 2.60. The molecule has 0 saturated carbocycles. The predicted octanol–water partition coefficient (Wildman–Crippen LogP) is 1.85. The Hall–Kier alpha value is -0.440. The van der Waals surface area contributed by atoms with Crippen molar-refractivity contribution in [1.82, 2.24) is 0 Å². The van der Waals surface area contributed by atoms with Crippen LogP contribution in [0.15, 0.2) is 27.1 Å². The van der Waals surface area contributed by atoms with E-state index < -0.39 is 10.0 Å². The molecule has 1 aliphatic heterocycles. The number of carbonyl (C=O) groups is 1. The van der Waals surface area contributed by atoms with E-state index in [0.29, 0.717) is 6.54 Å². The third kappa shape index (κ3) is 3.77. The average molecular weight is 412 g/mol. The normalized spacial score (nSPS) is 20.1. The molecule has 1 heterocycles. The number of rotatable bonds is 3. The number of primary sulfonamides is 1. The minimum absolute atomic E-state index is 0.0903. The van der Waals surface area contributed by atoms with Gasteiger partial charge in [0.2, 0.25) is 15.9 Å². The summed E-state index contributed by atoms with van der Waals surface area (Å²) in [7, 11) is -3.55. The molecule has 2 rings (SSSR count). The molecule has 0 bridgehead atoms. The van der Waals surface area contributed by atoms with Crippen LogP contribution in [-0.2, 0) is 14.8 Å². The second kappa shape index (κ2) is 5.51. The Morgan fingerprint density at radius 3 is 2.68 bits per heavy atom. The van der Waals surface area contributed by atoms with Gasteiger partial charge in [-0.2, -0.15) is 0 Å². The second-order valence-corrected chi connectivity index (χ2v) is 7.93. The molecule has 1 aliphatic rings. The highest BCUT2D eigenvalue weighted by Crippen LogP contribution is 2.33. The lowest BCUT2D eigenvalue weighted by Crippen LogP contribution is -2.27. The van der Waals surface area contributed by atoms with Crippen molar-refractivity contribution in [3.63, 3.8) is 0 Å². The molecule has 19 heavy (non-hydrogen) atoms. The van der Waals surface area contributed by atoms with E-state index in [9.17, 15) is 13.2 Å². The van der Waals surface area contributed by atoms with Gasteiger partial charge in [0.15, 0.2) is 0 Å². The first-order chi connectivity index (χ1) is 8.76. The Kier molecular flexibility index (Phi) is 4.34. The van der Waals surface area contributed by atoms with Gasteiger partial charge in [0.05, 0.1) is 11.4 Å². The second-order valence-electron chi connectivity index (χ2n) is 4.50. The summed E-state index contributed by atoms with van der Waals surface area (Å²) in [4.78, 5) is 13.6. The van der Waals surface area contributed by atoms with Crippen molar-refractivity contribution in [2.45, 2.75) is 6.42 Å². The van der Waals surface area contributed by atoms with E-state index in [1.54, 1.807) is 4.90 Å². The molecule has 1 unspecified atom stereocenters. The Labute approximate surface area is 128 Å². The minimum Gasteiger partial charge on any atom is -0.311 e. The van der Waals surface area contributed by atoms with Crippen molar-refractivity contribution < 1.29 is 13.2 Å². The topological polar surface area (TPSA) is 80.5 Å². The van der Waals surface area contributed by atoms with Gasteiger partial charge in [0.1, 0.15) is 0 Å². The molecule has 1 aromatic carbocycles. The van der Waals surface area contributed by atoms with Gasteiger partial charge >= 0.3 is 0 Å². The minimum atomic E-state index is -3.55. The number of benzene rings is 1. The number of anilines is 1. The highest BCUT2D eigenvalue weighted by molar-refractivity contribution is 9.11. The number of hydrogen-bond acceptors (Lipinski definition) is 3. The SMILES string of the molecule is NS(=O)(=O)CC1CC(=O)N(c2cc(Br)ccc2Br)C1. The first-order valence-corrected chi connectivity index (χ1v) is 8.82. The van der Waals surface area contributed by atoms with E-state index in [1.165, 1.54) is 0 Å². The molecule has 2 N–H and O–H groups in total. The van der Waals surface area contributed by atoms with Gasteiger partial charge in [0.25, 0.3) is 0 Å². The maximum absolute atomic E-state index is 12.0. The molecule has 1 aromatic rings. The monoisotopic (exact) mass is 410 g/mol. The van der Waals surface area contributed by atoms with E-state index in [4.69, 9.17) is 5.14 Å². The number of halogens is 2. The van der Waals surface area contributed by atoms with Gasteiger partial charge in [0, 0.05) is 27.8 Å². The summed E-state index contributed by atoms with van der Waals surface area (Å²) < 4.78 is 23.8. The number of carbonyl (C=O) groups excluding carboxylic acids is 1. The van der Waals surface area contributed by atoms with Gasteiger partial charge in [-0.05, 0) is 34.1 Å². The lowest BCUT2D eigenvalue weighted by atomic mass is 10.1. The molecule has 1 amide bonds. The largest absolute Gasteiger partial charge is 0.311 e. The number of nitrogens with two attached hydrogens (primary N) is 1. The number of hydrogen-bond donors (Lipinski definition) is 1. The summed E-state index contributed by atoms with van der Waals surface area (Å²) >= 11 is 6.74. The van der Waals surface area contributed by atoms with Crippen LogP contribution >= 0.6 is 31.9 Å². The number of amides is 1. The summed E-state index contributed by atoms with van der Waals surface area (Å²) in [6.45, 7) is 0.365. The van der Waals surface area contributed by atoms with Crippen molar-refractivity contribution in [2.75, 3.05) is 17.2 Å². The molecule has 1 atom stereocenters. The van der Waals surface area contributed by atoms with E-state index >= 15 is 0 Å². The quantitative estimate of drug-likeness (QED) is 0.823. The third-order valence-corrected chi connectivity index (χ3v) is 4.97. The Bertz CT molecular complexity index is 618. The van der Waals surface area contributed by atoms with Crippen LogP contribution in [0.4, 0.5) is 5.69 Å². The maximum atomic E-state index is 12.0. The fourth-order valence-corrected chi connectivity index (χ4v) is 3.84. The van der Waals surface area contributed by atoms with Crippen molar-refractivity contribution in [3.05, 3.63) is 27.1 Å². The molecule has 104 valence electrons. The van der Waals surface area contributed by atoms with Crippen molar-refractivity contribution >= 4 is 53.5 Å². The van der Waals surface area contributed by atoms with Crippen LogP contribution in [0.3, 0.4) is 0 Å². The Morgan fingerprint density at radius 2 is 2.05 bits per heavy atom. The fourth-order valence-electron chi connectivity index (χ4n) is 2.15. The first kappa shape index (κ1) is 15.0. The summed E-state index contributed by atoms with van der Waals surface area (Å²) in [5.74, 6) is -0.512. The standard InChI is InChI=1S/C11H12Br2N2O3S/c12-8-1-2-9(13)10(4-8)15-5-7(3-11(15)16)6-19(14,17)18/h1-2,4,7H,3,5-6H2,(H2,14,17,18). The summed E-state index contributed by atoms with van der Waals surface area (Å²) in [6.07, 6.45) is 0.204. The molecule has 0 radical (unpaired) electrons. The zero-order valence-corrected chi connectivity index (χ0v) is 13.8. The zero-order valence-electron chi connectivity index (χ0n) is 9.84. The molecular weight excluding hydrogens is 400 g/mol. The molecule has 0 aliphatic carbocycles. The van der Waals surface area contributed by atoms with Crippen LogP contribution in [0, 0.1) is 5.92 Å². The first-order valence-electron chi connectivity index (χ1n) is 5.52. The van der Waals surface area contributed by atoms with Gasteiger partial charge in [-0.25, -0.2) is 13.6 Å². The van der Waals surface area contributed by atoms with E-state index in [0.717, 1.165) is 14.6 Å². The lowest BCUT2D eigenvalue weighted by molar-refractivity contribution is -0.117. The smallest absolute Gasteiger partial charge is 0.227 e. The molecule has 1 saturated heterocycles. The van der Waals surface area contributed by atoms with Crippen LogP contribution in [0.2, 0.25) is 0 Å². The van der Waals surface area contributed by atoms with Crippen molar-refractivity contribution in [1.29, 1.82) is 0 Å². The zero-order chi connectivity index (χ0) is 14.2. The van der Waals surface area contributed by atoms with Crippen molar-refractivity contribution in [3.8, 4) is 0 Å². The van der Waals surface area contributed by atoms with Crippen LogP contribution in [0.5, 0.6) is 0 Å². The highest BCUT2D eigenvalue weighted by atomic mass is 79.9. The van der Waals surface area contributed by atoms with Gasteiger partial charge in [-0.15, -0.1) is 0 Å². The predicted molar refractivity (Wildman–Crippen MR) is 80.3 cm³/mol. The molecule has 0 aromatic heterocycles. The van der Waals surface area contributed by atoms with Gasteiger partial charge in [-0.1, -0.05) is 15.9 Å². The Morgan fingerprint density at radius 1 is 1.37 bits per heavy atom. The van der Waals surface area contributed by atoms with E-state index in [2.05, 4.69) is 31.9 Å². The molecule has 1 fully saturated rings. The molecule has 0 spiro atoms. The summed E-state index contributed by atoms with van der Waals surface area (Å²) in [5.41, 5.74) is 0.733. The van der Waals surface area contributed by atoms with Crippen LogP contribution in [0.25, 0.3) is 0 Å². The van der Waals surface area contributed by atoms with E-state index in [-0.39, 0.29) is 24.0 Å². The van der Waals surface area contributed by atoms with Crippen molar-refractivity contribution in [2.24, 2.45) is 11.1 Å². The van der Waals surface area contributed by atoms with Gasteiger partial charge in [-0.3, -0.25) is 4.79 Å². The Balaban J connectivity index is 2.23. The number of nitrogens with zero attached hydrogens (tertiary/aromatic N) is 1. The maximum Gasteiger partial charge on any atom is 0.227 e. The van der Waals surface area contributed by atoms with Crippen LogP contribution in [0.1, 0.15) is 6.42 Å². The van der Waals surface area contributed by atoms with E-state index in [1.807, 2.05) is 18.2 Å². The fraction of sp³-hybridized carbons (Fsp3) is 0.364. The van der Waals surface area contributed by atoms with Gasteiger partial charge < -0.3 is 4.90 Å². The van der Waals surface area contributed by atoms with Crippen LogP contribution < -0.4 is 10.0 Å². The summed E-state index contributed by atoms with van der Waals surface area (Å²) in [6, 6.07) is 5.51. The summed E-state index contributed by atoms with van der Waals surface area (Å²) in [5, 5.41) is 5.02. The third-order valence-electron chi connectivity index (χ3n) is 2.87. The lowest BCUT2D eigenvalue weighted by Gasteiger charge is -2.18. The molecule has 8 heteroatoms. The molecule has 5 nitrogen and oxygen atoms in total. The highest BCUT2D eigenvalue weighted by Gasteiger charge is 2.33. The van der Waals surface area contributed by atoms with Crippen LogP contribution in [-0.4, -0.2) is 26.6 Å². The molecular formula is C11H12Br2N2O3S.